The van der Waals surface area contributed by atoms with Crippen LogP contribution in [0.15, 0.2) is 0 Å². The Morgan fingerprint density at radius 3 is 1.84 bits per heavy atom. The van der Waals surface area contributed by atoms with Crippen molar-refractivity contribution >= 4 is 43.7 Å². The quantitative estimate of drug-likeness (QED) is 0.340. The molecule has 0 aromatic carbocycles. The largest absolute Gasteiger partial charge is 2.00 e. The molecule has 0 aliphatic carbocycles. The molecule has 0 radical (unpaired) electrons. The first-order chi connectivity index (χ1) is 8.68. The van der Waals surface area contributed by atoms with E-state index in [-0.39, 0.29) is 40.6 Å². The number of unbranched alkanes of at least 4 members (excludes halogenated alkanes) is 9. The summed E-state index contributed by atoms with van der Waals surface area (Å²) in [6.07, 6.45) is 11.7. The average Bonchev–Trinajstić information content (AvgIpc) is 2.35. The van der Waals surface area contributed by atoms with E-state index in [0.29, 0.717) is 6.61 Å². The summed E-state index contributed by atoms with van der Waals surface area (Å²) < 4.78 is 4.89. The molecule has 0 spiro atoms. The van der Waals surface area contributed by atoms with Gasteiger partial charge in [0, 0.05) is 0 Å². The number of carbonyl (C=O) groups excluding carboxylic acids is 1. The van der Waals surface area contributed by atoms with Crippen LogP contribution in [0.5, 0.6) is 0 Å². The maximum Gasteiger partial charge on any atom is 2.00 e. The van der Waals surface area contributed by atoms with E-state index in [0.717, 1.165) is 12.8 Å². The fourth-order valence-electron chi connectivity index (χ4n) is 1.88. The van der Waals surface area contributed by atoms with Crippen molar-refractivity contribution in [3.8, 4) is 0 Å². The van der Waals surface area contributed by atoms with E-state index in [9.17, 15) is 4.79 Å². The van der Waals surface area contributed by atoms with Gasteiger partial charge in [0.2, 0.25) is 0 Å². The van der Waals surface area contributed by atoms with Crippen LogP contribution in [0.1, 0.15) is 80.9 Å². The zero-order valence-electron chi connectivity index (χ0n) is 14.8. The number of rotatable bonds is 12. The monoisotopic (exact) mass is 300 g/mol. The number of carbonyl (C=O) groups is 1. The van der Waals surface area contributed by atoms with Crippen LogP contribution in [-0.4, -0.2) is 61.5 Å². The summed E-state index contributed by atoms with van der Waals surface area (Å²) >= 11 is 0. The normalized spacial score (nSPS) is 11.7. The SMILES string of the molecule is CCCCCCCCCCCCOC(=O)C(C)O.[Ca+2].[H-].[H-]. The molecule has 0 fully saturated rings. The van der Waals surface area contributed by atoms with Crippen molar-refractivity contribution in [3.05, 3.63) is 0 Å². The first-order valence-electron chi connectivity index (χ1n) is 7.53. The van der Waals surface area contributed by atoms with Crippen LogP contribution in [-0.2, 0) is 9.53 Å². The molecule has 0 saturated heterocycles. The Bertz CT molecular complexity index is 205. The number of aliphatic hydroxyl groups is 1. The van der Waals surface area contributed by atoms with Crippen LogP contribution in [0.3, 0.4) is 0 Å². The Morgan fingerprint density at radius 1 is 1.00 bits per heavy atom. The van der Waals surface area contributed by atoms with E-state index in [4.69, 9.17) is 9.84 Å². The Kier molecular flexibility index (Phi) is 19.4. The molecule has 19 heavy (non-hydrogen) atoms. The van der Waals surface area contributed by atoms with Crippen molar-refractivity contribution in [2.45, 2.75) is 84.2 Å². The first kappa shape index (κ1) is 22.0. The predicted molar refractivity (Wildman–Crippen MR) is 82.5 cm³/mol. The number of hydrogen-bond donors (Lipinski definition) is 1. The summed E-state index contributed by atoms with van der Waals surface area (Å²) in [5, 5.41) is 8.91. The second-order valence-corrected chi connectivity index (χ2v) is 5.03. The molecule has 112 valence electrons. The Morgan fingerprint density at radius 2 is 1.42 bits per heavy atom. The van der Waals surface area contributed by atoms with Gasteiger partial charge >= 0.3 is 43.7 Å². The van der Waals surface area contributed by atoms with E-state index in [1.54, 1.807) is 0 Å². The third-order valence-corrected chi connectivity index (χ3v) is 3.08. The zero-order valence-corrected chi connectivity index (χ0v) is 15.0. The van der Waals surface area contributed by atoms with Crippen molar-refractivity contribution in [1.29, 1.82) is 0 Å². The third kappa shape index (κ3) is 16.6. The zero-order chi connectivity index (χ0) is 13.6. The third-order valence-electron chi connectivity index (χ3n) is 3.08. The van der Waals surface area contributed by atoms with Crippen LogP contribution in [0.2, 0.25) is 0 Å². The Labute approximate surface area is 151 Å². The van der Waals surface area contributed by atoms with Gasteiger partial charge in [-0.3, -0.25) is 0 Å². The Balaban J connectivity index is -0.000000482. The fraction of sp³-hybridized carbons (Fsp3) is 0.933. The maximum absolute atomic E-state index is 10.9. The second-order valence-electron chi connectivity index (χ2n) is 5.03. The van der Waals surface area contributed by atoms with Crippen molar-refractivity contribution in [2.24, 2.45) is 0 Å². The van der Waals surface area contributed by atoms with Crippen molar-refractivity contribution in [2.75, 3.05) is 6.61 Å². The van der Waals surface area contributed by atoms with Crippen LogP contribution in [0.25, 0.3) is 0 Å². The molecule has 0 aromatic rings. The van der Waals surface area contributed by atoms with Crippen molar-refractivity contribution in [3.63, 3.8) is 0 Å². The van der Waals surface area contributed by atoms with Gasteiger partial charge < -0.3 is 12.7 Å². The molecule has 0 bridgehead atoms. The van der Waals surface area contributed by atoms with Crippen molar-refractivity contribution < 1.29 is 17.5 Å². The minimum atomic E-state index is -0.992. The van der Waals surface area contributed by atoms with E-state index in [1.807, 2.05) is 0 Å². The minimum absolute atomic E-state index is 0. The summed E-state index contributed by atoms with van der Waals surface area (Å²) in [5.41, 5.74) is 0. The van der Waals surface area contributed by atoms with Gasteiger partial charge in [-0.2, -0.15) is 0 Å². The molecule has 0 rings (SSSR count). The summed E-state index contributed by atoms with van der Waals surface area (Å²) in [6, 6.07) is 0. The number of esters is 1. The summed E-state index contributed by atoms with van der Waals surface area (Å²) in [4.78, 5) is 10.9. The van der Waals surface area contributed by atoms with E-state index >= 15 is 0 Å². The molecule has 0 aliphatic rings. The van der Waals surface area contributed by atoms with Gasteiger partial charge in [0.05, 0.1) is 6.61 Å². The van der Waals surface area contributed by atoms with E-state index in [2.05, 4.69) is 6.92 Å². The van der Waals surface area contributed by atoms with Gasteiger partial charge in [-0.1, -0.05) is 64.7 Å². The van der Waals surface area contributed by atoms with Gasteiger partial charge in [-0.05, 0) is 13.3 Å². The van der Waals surface area contributed by atoms with Crippen LogP contribution < -0.4 is 0 Å². The molecule has 0 amide bonds. The van der Waals surface area contributed by atoms with E-state index < -0.39 is 12.1 Å². The molecule has 0 aliphatic heterocycles. The number of ether oxygens (including phenoxy) is 1. The molecule has 0 saturated carbocycles. The average molecular weight is 300 g/mol. The van der Waals surface area contributed by atoms with Crippen LogP contribution >= 0.6 is 0 Å². The van der Waals surface area contributed by atoms with Gasteiger partial charge in [0.1, 0.15) is 6.10 Å². The molecular formula is C15H32CaO3. The molecule has 1 atom stereocenters. The number of aliphatic hydroxyl groups excluding tert-OH is 1. The minimum Gasteiger partial charge on any atom is -1.00 e. The Hall–Kier alpha value is 0.690. The number of hydrogen-bond acceptors (Lipinski definition) is 3. The summed E-state index contributed by atoms with van der Waals surface area (Å²) in [5.74, 6) is -0.508. The van der Waals surface area contributed by atoms with Gasteiger partial charge in [0.25, 0.3) is 0 Å². The van der Waals surface area contributed by atoms with Gasteiger partial charge in [0.15, 0.2) is 0 Å². The smallest absolute Gasteiger partial charge is 1.00 e. The second kappa shape index (κ2) is 16.7. The fourth-order valence-corrected chi connectivity index (χ4v) is 1.88. The maximum atomic E-state index is 10.9. The van der Waals surface area contributed by atoms with Crippen LogP contribution in [0, 0.1) is 0 Å². The predicted octanol–water partition coefficient (Wildman–Crippen LogP) is 3.68. The molecular weight excluding hydrogens is 268 g/mol. The molecule has 0 heterocycles. The molecule has 4 heteroatoms. The van der Waals surface area contributed by atoms with Crippen LogP contribution in [0.4, 0.5) is 0 Å². The first-order valence-corrected chi connectivity index (χ1v) is 7.53. The van der Waals surface area contributed by atoms with E-state index in [1.165, 1.54) is 58.3 Å². The summed E-state index contributed by atoms with van der Waals surface area (Å²) in [7, 11) is 0. The van der Waals surface area contributed by atoms with Gasteiger partial charge in [-0.15, -0.1) is 0 Å². The summed E-state index contributed by atoms with van der Waals surface area (Å²) in [6.45, 7) is 4.12. The van der Waals surface area contributed by atoms with Gasteiger partial charge in [-0.25, -0.2) is 4.79 Å². The topological polar surface area (TPSA) is 46.5 Å². The molecule has 1 unspecified atom stereocenters. The molecule has 1 N–H and O–H groups in total. The standard InChI is InChI=1S/C15H30O3.Ca.2H/c1-3-4-5-6-7-8-9-10-11-12-13-18-15(17)14(2)16;;;/h14,16H,3-13H2,1-2H3;;;/q;+2;2*-1. The molecule has 3 nitrogen and oxygen atoms in total. The molecule has 0 aromatic heterocycles. The van der Waals surface area contributed by atoms with Crippen molar-refractivity contribution in [1.82, 2.24) is 0 Å².